The highest BCUT2D eigenvalue weighted by Gasteiger charge is 2.60. The number of nitrogens with zero attached hydrogens (tertiary/aromatic N) is 2. The second-order valence-electron chi connectivity index (χ2n) is 8.71. The van der Waals surface area contributed by atoms with Gasteiger partial charge in [0, 0.05) is 25.2 Å². The van der Waals surface area contributed by atoms with Gasteiger partial charge in [0.2, 0.25) is 5.88 Å². The molecule has 0 radical (unpaired) electrons. The lowest BCUT2D eigenvalue weighted by Gasteiger charge is -2.47. The van der Waals surface area contributed by atoms with Gasteiger partial charge in [0.1, 0.15) is 18.8 Å². The summed E-state index contributed by atoms with van der Waals surface area (Å²) in [5, 5.41) is 0. The first kappa shape index (κ1) is 22.5. The fourth-order valence-electron chi connectivity index (χ4n) is 4.81. The van der Waals surface area contributed by atoms with Crippen LogP contribution in [-0.2, 0) is 26.4 Å². The van der Waals surface area contributed by atoms with Gasteiger partial charge in [-0.25, -0.2) is 9.78 Å². The maximum Gasteiger partial charge on any atom is 0.334 e. The topological polar surface area (TPSA) is 90.2 Å². The minimum Gasteiger partial charge on any atom is -0.474 e. The summed E-state index contributed by atoms with van der Waals surface area (Å²) >= 11 is 0. The Morgan fingerprint density at radius 1 is 1.06 bits per heavy atom. The molecule has 1 aromatic heterocycles. The fourth-order valence-corrected chi connectivity index (χ4v) is 4.81. The molecule has 0 saturated carbocycles. The van der Waals surface area contributed by atoms with E-state index in [0.29, 0.717) is 31.9 Å². The second-order valence-corrected chi connectivity index (χ2v) is 8.71. The molecule has 5 rings (SSSR count). The Morgan fingerprint density at radius 2 is 1.76 bits per heavy atom. The predicted octanol–water partition coefficient (Wildman–Crippen LogP) is 3.25. The molecule has 3 heterocycles. The number of carbonyl (C=O) groups is 1. The Kier molecular flexibility index (Phi) is 6.58. The second kappa shape index (κ2) is 9.93. The van der Waals surface area contributed by atoms with Crippen LogP contribution in [-0.4, -0.2) is 47.4 Å². The van der Waals surface area contributed by atoms with Crippen LogP contribution in [0.3, 0.4) is 0 Å². The molecule has 7 heteroatoms. The van der Waals surface area contributed by atoms with Gasteiger partial charge in [-0.3, -0.25) is 4.90 Å². The molecular formula is C27H29N3O4. The van der Waals surface area contributed by atoms with Gasteiger partial charge < -0.3 is 19.9 Å². The van der Waals surface area contributed by atoms with Gasteiger partial charge in [0.15, 0.2) is 5.54 Å². The molecule has 0 amide bonds. The van der Waals surface area contributed by atoms with Crippen molar-refractivity contribution >= 4 is 5.97 Å². The molecule has 3 aromatic rings. The highest BCUT2D eigenvalue weighted by atomic mass is 16.6. The van der Waals surface area contributed by atoms with Crippen LogP contribution in [0.2, 0.25) is 0 Å². The summed E-state index contributed by atoms with van der Waals surface area (Å²) in [5.41, 5.74) is 7.36. The van der Waals surface area contributed by atoms with E-state index in [0.717, 1.165) is 11.1 Å². The van der Waals surface area contributed by atoms with Crippen molar-refractivity contribution in [2.75, 3.05) is 13.2 Å². The Hall–Kier alpha value is -3.26. The third-order valence-corrected chi connectivity index (χ3v) is 6.51. The smallest absolute Gasteiger partial charge is 0.334 e. The van der Waals surface area contributed by atoms with Crippen LogP contribution in [0.15, 0.2) is 85.1 Å². The largest absolute Gasteiger partial charge is 0.474 e. The molecule has 2 aliphatic heterocycles. The average Bonchev–Trinajstić information content (AvgIpc) is 3.72. The van der Waals surface area contributed by atoms with Crippen LogP contribution in [0.1, 0.15) is 24.0 Å². The first-order valence-electron chi connectivity index (χ1n) is 11.7. The van der Waals surface area contributed by atoms with Crippen molar-refractivity contribution in [1.82, 2.24) is 9.88 Å². The lowest BCUT2D eigenvalue weighted by Crippen LogP contribution is -2.65. The quantitative estimate of drug-likeness (QED) is 0.408. The van der Waals surface area contributed by atoms with E-state index in [9.17, 15) is 4.79 Å². The number of aromatic nitrogens is 1. The van der Waals surface area contributed by atoms with Gasteiger partial charge in [-0.15, -0.1) is 0 Å². The molecule has 4 atom stereocenters. The number of pyridine rings is 1. The number of rotatable bonds is 8. The standard InChI is InChI=1S/C27H29N3O4/c28-24-17-22(34-25-13-7-8-15-29-25)14-16-30(24)27(23-19-32-23,21-11-5-2-6-12-21)26(31)33-18-20-9-3-1-4-10-20/h1-13,15,22-24H,14,16-19,28H2. The average molecular weight is 460 g/mol. The Balaban J connectivity index is 1.41. The van der Waals surface area contributed by atoms with Gasteiger partial charge in [-0.05, 0) is 23.6 Å². The Labute approximate surface area is 199 Å². The first-order valence-corrected chi connectivity index (χ1v) is 11.7. The van der Waals surface area contributed by atoms with E-state index in [4.69, 9.17) is 19.9 Å². The van der Waals surface area contributed by atoms with E-state index in [-0.39, 0.29) is 24.8 Å². The predicted molar refractivity (Wildman–Crippen MR) is 127 cm³/mol. The third-order valence-electron chi connectivity index (χ3n) is 6.51. The summed E-state index contributed by atoms with van der Waals surface area (Å²) in [6.45, 7) is 1.23. The van der Waals surface area contributed by atoms with E-state index >= 15 is 0 Å². The summed E-state index contributed by atoms with van der Waals surface area (Å²) in [7, 11) is 0. The zero-order valence-corrected chi connectivity index (χ0v) is 19.0. The van der Waals surface area contributed by atoms with Crippen LogP contribution >= 0.6 is 0 Å². The summed E-state index contributed by atoms with van der Waals surface area (Å²) in [6.07, 6.45) is 2.14. The van der Waals surface area contributed by atoms with Crippen LogP contribution in [0, 0.1) is 0 Å². The molecule has 2 aromatic carbocycles. The molecule has 176 valence electrons. The summed E-state index contributed by atoms with van der Waals surface area (Å²) in [6, 6.07) is 25.0. The number of ether oxygens (including phenoxy) is 3. The molecular weight excluding hydrogens is 430 g/mol. The van der Waals surface area contributed by atoms with Crippen molar-refractivity contribution in [2.45, 2.75) is 43.4 Å². The van der Waals surface area contributed by atoms with E-state index in [2.05, 4.69) is 4.98 Å². The van der Waals surface area contributed by atoms with Crippen LogP contribution in [0.5, 0.6) is 5.88 Å². The van der Waals surface area contributed by atoms with Crippen LogP contribution in [0.4, 0.5) is 0 Å². The molecule has 2 saturated heterocycles. The van der Waals surface area contributed by atoms with Gasteiger partial charge in [-0.2, -0.15) is 0 Å². The molecule has 0 spiro atoms. The van der Waals surface area contributed by atoms with Gasteiger partial charge in [0.25, 0.3) is 0 Å². The number of piperidine rings is 1. The molecule has 34 heavy (non-hydrogen) atoms. The third kappa shape index (κ3) is 4.55. The summed E-state index contributed by atoms with van der Waals surface area (Å²) < 4.78 is 17.8. The van der Waals surface area contributed by atoms with Crippen molar-refractivity contribution in [1.29, 1.82) is 0 Å². The normalized spacial score (nSPS) is 24.1. The van der Waals surface area contributed by atoms with E-state index in [1.54, 1.807) is 6.20 Å². The number of epoxide rings is 1. The minimum atomic E-state index is -1.12. The number of hydrogen-bond acceptors (Lipinski definition) is 7. The van der Waals surface area contributed by atoms with Crippen molar-refractivity contribution in [3.63, 3.8) is 0 Å². The number of benzene rings is 2. The summed E-state index contributed by atoms with van der Waals surface area (Å²) in [5.74, 6) is 0.236. The van der Waals surface area contributed by atoms with E-state index in [1.165, 1.54) is 0 Å². The van der Waals surface area contributed by atoms with Crippen molar-refractivity contribution in [3.8, 4) is 5.88 Å². The van der Waals surface area contributed by atoms with Gasteiger partial charge in [0.05, 0.1) is 12.8 Å². The van der Waals surface area contributed by atoms with Crippen molar-refractivity contribution in [3.05, 3.63) is 96.2 Å². The molecule has 2 N–H and O–H groups in total. The summed E-state index contributed by atoms with van der Waals surface area (Å²) in [4.78, 5) is 20.2. The van der Waals surface area contributed by atoms with Crippen LogP contribution in [0.25, 0.3) is 0 Å². The molecule has 0 bridgehead atoms. The SMILES string of the molecule is NC1CC(Oc2ccccn2)CCN1C(C(=O)OCc1ccccc1)(c1ccccc1)C1CO1. The number of carbonyl (C=O) groups excluding carboxylic acids is 1. The molecule has 7 nitrogen and oxygen atoms in total. The monoisotopic (exact) mass is 459 g/mol. The molecule has 0 aliphatic carbocycles. The Morgan fingerprint density at radius 3 is 2.41 bits per heavy atom. The molecule has 2 aliphatic rings. The van der Waals surface area contributed by atoms with E-state index < -0.39 is 11.7 Å². The van der Waals surface area contributed by atoms with Crippen molar-refractivity contribution < 1.29 is 19.0 Å². The maximum absolute atomic E-state index is 13.9. The lowest BCUT2D eigenvalue weighted by atomic mass is 9.82. The zero-order valence-electron chi connectivity index (χ0n) is 19.0. The number of esters is 1. The van der Waals surface area contributed by atoms with Crippen LogP contribution < -0.4 is 10.5 Å². The highest BCUT2D eigenvalue weighted by molar-refractivity contribution is 5.84. The van der Waals surface area contributed by atoms with E-state index in [1.807, 2.05) is 83.8 Å². The zero-order chi connectivity index (χ0) is 23.4. The molecule has 2 fully saturated rings. The number of likely N-dealkylation sites (tertiary alicyclic amines) is 1. The molecule has 4 unspecified atom stereocenters. The Bertz CT molecular complexity index is 1080. The van der Waals surface area contributed by atoms with Gasteiger partial charge >= 0.3 is 5.97 Å². The number of nitrogens with two attached hydrogens (primary N) is 1. The maximum atomic E-state index is 13.9. The number of hydrogen-bond donors (Lipinski definition) is 1. The highest BCUT2D eigenvalue weighted by Crippen LogP contribution is 2.44. The minimum absolute atomic E-state index is 0.0879. The van der Waals surface area contributed by atoms with Crippen molar-refractivity contribution in [2.24, 2.45) is 5.73 Å². The lowest BCUT2D eigenvalue weighted by molar-refractivity contribution is -0.168. The first-order chi connectivity index (χ1) is 16.7. The van der Waals surface area contributed by atoms with Gasteiger partial charge in [-0.1, -0.05) is 66.7 Å². The fraction of sp³-hybridized carbons (Fsp3) is 0.333.